The number of piperidine rings is 2. The predicted molar refractivity (Wildman–Crippen MR) is 159 cm³/mol. The Morgan fingerprint density at radius 3 is 2.33 bits per heavy atom. The fourth-order valence-corrected chi connectivity index (χ4v) is 6.81. The van der Waals surface area contributed by atoms with Crippen molar-refractivity contribution in [2.45, 2.75) is 51.1 Å². The normalized spacial score (nSPS) is 18.2. The number of ether oxygens (including phenoxy) is 2. The van der Waals surface area contributed by atoms with Crippen LogP contribution in [0.2, 0.25) is 0 Å². The average molecular weight is 527 g/mol. The van der Waals surface area contributed by atoms with E-state index in [0.717, 1.165) is 35.3 Å². The van der Waals surface area contributed by atoms with Gasteiger partial charge in [-0.2, -0.15) is 0 Å². The summed E-state index contributed by atoms with van der Waals surface area (Å²) < 4.78 is 13.2. The minimum absolute atomic E-state index is 0.641. The molecule has 0 amide bonds. The third kappa shape index (κ3) is 5.20. The molecule has 2 aliphatic rings. The number of hydrogen-bond acceptors (Lipinski definition) is 4. The van der Waals surface area contributed by atoms with Crippen LogP contribution in [0.5, 0.6) is 11.5 Å². The highest BCUT2D eigenvalue weighted by atomic mass is 16.5. The van der Waals surface area contributed by atoms with Gasteiger partial charge >= 0.3 is 0 Å². The number of likely N-dealkylation sites (tertiary alicyclic amines) is 2. The number of hydrogen-bond donors (Lipinski definition) is 1. The monoisotopic (exact) mass is 526 g/mol. The summed E-state index contributed by atoms with van der Waals surface area (Å²) in [5.41, 5.74) is 7.65. The number of fused-ring (bicyclic) bond motifs is 1. The second kappa shape index (κ2) is 11.1. The number of aromatic nitrogens is 2. The molecular weight excluding hydrogens is 484 g/mol. The van der Waals surface area contributed by atoms with E-state index >= 15 is 0 Å². The van der Waals surface area contributed by atoms with E-state index in [2.05, 4.69) is 82.0 Å². The molecule has 6 nitrogen and oxygen atoms in total. The predicted octanol–water partition coefficient (Wildman–Crippen LogP) is 6.34. The summed E-state index contributed by atoms with van der Waals surface area (Å²) in [7, 11) is 5.51. The van der Waals surface area contributed by atoms with Gasteiger partial charge in [-0.3, -0.25) is 4.90 Å². The van der Waals surface area contributed by atoms with Gasteiger partial charge in [0.25, 0.3) is 0 Å². The van der Waals surface area contributed by atoms with Crippen molar-refractivity contribution < 1.29 is 9.47 Å². The maximum Gasteiger partial charge on any atom is 0.161 e. The van der Waals surface area contributed by atoms with E-state index < -0.39 is 0 Å². The number of nitrogens with zero attached hydrogens (tertiary/aromatic N) is 3. The van der Waals surface area contributed by atoms with Crippen LogP contribution in [0.1, 0.15) is 48.4 Å². The molecule has 0 spiro atoms. The van der Waals surface area contributed by atoms with Gasteiger partial charge in [-0.25, -0.2) is 0 Å². The minimum atomic E-state index is 0.641. The standard InChI is InChI=1S/C33H42N4O2/c1-23-29-20-25(7-9-30(29)34-33(23)26-8-10-31(38-3)32(21-26)39-4)24-11-18-37(19-12-24)27-13-16-36(17-14-27)22-28-6-5-15-35(28)2/h5-10,15,20-21,24,27,34H,11-14,16-19,22H2,1-4H3. The Balaban J connectivity index is 1.09. The molecule has 4 aromatic rings. The van der Waals surface area contributed by atoms with Crippen LogP contribution in [-0.2, 0) is 13.6 Å². The summed E-state index contributed by atoms with van der Waals surface area (Å²) >= 11 is 0. The first kappa shape index (κ1) is 26.0. The van der Waals surface area contributed by atoms with Gasteiger partial charge in [-0.1, -0.05) is 6.07 Å². The van der Waals surface area contributed by atoms with E-state index in [0.29, 0.717) is 5.92 Å². The molecule has 4 heterocycles. The average Bonchev–Trinajstić information content (AvgIpc) is 3.54. The summed E-state index contributed by atoms with van der Waals surface area (Å²) in [6.07, 6.45) is 7.24. The first-order valence-corrected chi connectivity index (χ1v) is 14.4. The number of methoxy groups -OCH3 is 2. The molecule has 2 aliphatic heterocycles. The summed E-state index contributed by atoms with van der Waals surface area (Å²) in [5, 5.41) is 1.32. The van der Waals surface area contributed by atoms with Gasteiger partial charge < -0.3 is 23.9 Å². The highest BCUT2D eigenvalue weighted by Gasteiger charge is 2.29. The maximum atomic E-state index is 5.55. The van der Waals surface area contributed by atoms with Crippen molar-refractivity contribution in [3.05, 3.63) is 71.5 Å². The van der Waals surface area contributed by atoms with E-state index in [1.807, 2.05) is 6.07 Å². The molecule has 2 aromatic heterocycles. The van der Waals surface area contributed by atoms with Crippen molar-refractivity contribution in [2.24, 2.45) is 7.05 Å². The SMILES string of the molecule is COc1ccc(-c2[nH]c3ccc(C4CCN(C5CCN(Cc6cccn6C)CC5)CC4)cc3c2C)cc1OC. The molecule has 0 aliphatic carbocycles. The molecule has 39 heavy (non-hydrogen) atoms. The number of H-pyrrole nitrogens is 1. The van der Waals surface area contributed by atoms with Gasteiger partial charge in [-0.05, 0) is 105 Å². The smallest absolute Gasteiger partial charge is 0.161 e. The van der Waals surface area contributed by atoms with Gasteiger partial charge in [0.05, 0.1) is 14.2 Å². The van der Waals surface area contributed by atoms with Crippen molar-refractivity contribution >= 4 is 10.9 Å². The second-order valence-electron chi connectivity index (χ2n) is 11.4. The topological polar surface area (TPSA) is 45.7 Å². The van der Waals surface area contributed by atoms with Crippen LogP contribution >= 0.6 is 0 Å². The molecule has 0 unspecified atom stereocenters. The Bertz CT molecular complexity index is 1420. The van der Waals surface area contributed by atoms with Crippen molar-refractivity contribution in [1.29, 1.82) is 0 Å². The first-order chi connectivity index (χ1) is 19.0. The van der Waals surface area contributed by atoms with Crippen LogP contribution < -0.4 is 9.47 Å². The molecule has 0 radical (unpaired) electrons. The van der Waals surface area contributed by atoms with E-state index in [1.165, 1.54) is 79.6 Å². The summed E-state index contributed by atoms with van der Waals surface area (Å²) in [4.78, 5) is 9.07. The highest BCUT2D eigenvalue weighted by Crippen LogP contribution is 2.38. The highest BCUT2D eigenvalue weighted by molar-refractivity contribution is 5.91. The summed E-state index contributed by atoms with van der Waals surface area (Å²) in [6, 6.07) is 18.3. The zero-order chi connectivity index (χ0) is 26.9. The fraction of sp³-hybridized carbons (Fsp3) is 0.455. The van der Waals surface area contributed by atoms with Gasteiger partial charge in [0, 0.05) is 66.8 Å². The number of aryl methyl sites for hydroxylation is 2. The Kier molecular flexibility index (Phi) is 7.41. The Hall–Kier alpha value is -3.22. The lowest BCUT2D eigenvalue weighted by atomic mass is 9.87. The molecule has 206 valence electrons. The Morgan fingerprint density at radius 1 is 0.872 bits per heavy atom. The third-order valence-electron chi connectivity index (χ3n) is 9.27. The largest absolute Gasteiger partial charge is 0.493 e. The van der Waals surface area contributed by atoms with Crippen LogP contribution in [0.3, 0.4) is 0 Å². The van der Waals surface area contributed by atoms with E-state index in [9.17, 15) is 0 Å². The van der Waals surface area contributed by atoms with Crippen LogP contribution in [0, 0.1) is 6.92 Å². The molecule has 1 N–H and O–H groups in total. The molecule has 0 atom stereocenters. The van der Waals surface area contributed by atoms with Crippen LogP contribution in [0.15, 0.2) is 54.7 Å². The molecule has 6 rings (SSSR count). The van der Waals surface area contributed by atoms with Crippen molar-refractivity contribution in [2.75, 3.05) is 40.4 Å². The van der Waals surface area contributed by atoms with E-state index in [-0.39, 0.29) is 0 Å². The lowest BCUT2D eigenvalue weighted by molar-refractivity contribution is 0.0838. The zero-order valence-electron chi connectivity index (χ0n) is 23.9. The van der Waals surface area contributed by atoms with Crippen molar-refractivity contribution in [3.63, 3.8) is 0 Å². The minimum Gasteiger partial charge on any atom is -0.493 e. The third-order valence-corrected chi connectivity index (χ3v) is 9.27. The molecule has 0 bridgehead atoms. The van der Waals surface area contributed by atoms with Gasteiger partial charge in [0.1, 0.15) is 0 Å². The van der Waals surface area contributed by atoms with Gasteiger partial charge in [-0.15, -0.1) is 0 Å². The van der Waals surface area contributed by atoms with Gasteiger partial charge in [0.15, 0.2) is 11.5 Å². The molecule has 0 saturated carbocycles. The first-order valence-electron chi connectivity index (χ1n) is 14.4. The fourth-order valence-electron chi connectivity index (χ4n) is 6.81. The molecule has 2 aromatic carbocycles. The summed E-state index contributed by atoms with van der Waals surface area (Å²) in [5.74, 6) is 2.14. The molecule has 2 saturated heterocycles. The zero-order valence-corrected chi connectivity index (χ0v) is 23.9. The van der Waals surface area contributed by atoms with Crippen molar-refractivity contribution in [1.82, 2.24) is 19.4 Å². The molecular formula is C33H42N4O2. The van der Waals surface area contributed by atoms with Gasteiger partial charge in [0.2, 0.25) is 0 Å². The van der Waals surface area contributed by atoms with E-state index in [1.54, 1.807) is 14.2 Å². The van der Waals surface area contributed by atoms with Crippen LogP contribution in [0.4, 0.5) is 0 Å². The Labute approximate surface area is 232 Å². The lowest BCUT2D eigenvalue weighted by Crippen LogP contribution is -2.47. The molecule has 2 fully saturated rings. The van der Waals surface area contributed by atoms with E-state index in [4.69, 9.17) is 9.47 Å². The summed E-state index contributed by atoms with van der Waals surface area (Å²) in [6.45, 7) is 8.15. The lowest BCUT2D eigenvalue weighted by Gasteiger charge is -2.42. The molecule has 6 heteroatoms. The number of aromatic amines is 1. The number of benzene rings is 2. The maximum absolute atomic E-state index is 5.55. The quantitative estimate of drug-likeness (QED) is 0.305. The van der Waals surface area contributed by atoms with Crippen molar-refractivity contribution in [3.8, 4) is 22.8 Å². The van der Waals surface area contributed by atoms with Crippen LogP contribution in [-0.4, -0.2) is 65.8 Å². The number of nitrogens with one attached hydrogen (secondary N) is 1. The second-order valence-corrected chi connectivity index (χ2v) is 11.4. The Morgan fingerprint density at radius 2 is 1.64 bits per heavy atom. The van der Waals surface area contributed by atoms with Crippen LogP contribution in [0.25, 0.3) is 22.2 Å². The number of rotatable bonds is 7.